The minimum atomic E-state index is -0.00327. The number of carbonyl (C=O) groups excluding carboxylic acids is 2. The molecule has 7 nitrogen and oxygen atoms in total. The average Bonchev–Trinajstić information content (AvgIpc) is 3.10. The van der Waals surface area contributed by atoms with E-state index in [1.54, 1.807) is 4.90 Å². The molecule has 1 aromatic heterocycles. The van der Waals surface area contributed by atoms with E-state index in [1.807, 2.05) is 0 Å². The zero-order valence-corrected chi connectivity index (χ0v) is 15.8. The Morgan fingerprint density at radius 3 is 2.80 bits per heavy atom. The first kappa shape index (κ1) is 18.1. The van der Waals surface area contributed by atoms with Gasteiger partial charge in [-0.2, -0.15) is 0 Å². The van der Waals surface area contributed by atoms with Gasteiger partial charge < -0.3 is 10.2 Å². The van der Waals surface area contributed by atoms with E-state index in [4.69, 9.17) is 0 Å². The van der Waals surface area contributed by atoms with Crippen molar-refractivity contribution in [2.24, 2.45) is 11.8 Å². The number of amides is 2. The largest absolute Gasteiger partial charge is 0.356 e. The van der Waals surface area contributed by atoms with Crippen molar-refractivity contribution in [2.45, 2.75) is 46.0 Å². The number of hydrogen-bond acceptors (Lipinski definition) is 6. The van der Waals surface area contributed by atoms with Gasteiger partial charge in [-0.15, -0.1) is 10.2 Å². The Morgan fingerprint density at radius 1 is 1.24 bits per heavy atom. The normalized spacial score (nSPS) is 21.7. The van der Waals surface area contributed by atoms with Crippen LogP contribution in [0.3, 0.4) is 0 Å². The molecule has 2 amide bonds. The van der Waals surface area contributed by atoms with Crippen LogP contribution in [0.1, 0.15) is 46.0 Å². The molecule has 2 saturated heterocycles. The SMILES string of the molecule is CC(C)CNC(=O)[C@@H]1CCCN(c2nnc(N3CCCCC3=O)s2)C1. The molecule has 0 bridgehead atoms. The molecule has 138 valence electrons. The molecule has 3 heterocycles. The summed E-state index contributed by atoms with van der Waals surface area (Å²) in [6, 6.07) is 0. The number of aromatic nitrogens is 2. The van der Waals surface area contributed by atoms with E-state index in [0.717, 1.165) is 50.4 Å². The molecule has 1 atom stereocenters. The summed E-state index contributed by atoms with van der Waals surface area (Å²) in [7, 11) is 0. The van der Waals surface area contributed by atoms with Gasteiger partial charge >= 0.3 is 0 Å². The van der Waals surface area contributed by atoms with Gasteiger partial charge in [0.15, 0.2) is 0 Å². The summed E-state index contributed by atoms with van der Waals surface area (Å²) in [4.78, 5) is 28.3. The highest BCUT2D eigenvalue weighted by Crippen LogP contribution is 2.31. The van der Waals surface area contributed by atoms with Crippen molar-refractivity contribution in [3.63, 3.8) is 0 Å². The van der Waals surface area contributed by atoms with Gasteiger partial charge in [-0.3, -0.25) is 14.5 Å². The zero-order valence-electron chi connectivity index (χ0n) is 15.0. The first-order chi connectivity index (χ1) is 12.0. The first-order valence-corrected chi connectivity index (χ1v) is 10.0. The summed E-state index contributed by atoms with van der Waals surface area (Å²) in [6.07, 6.45) is 4.45. The van der Waals surface area contributed by atoms with Crippen LogP contribution >= 0.6 is 11.3 Å². The van der Waals surface area contributed by atoms with E-state index in [1.165, 1.54) is 11.3 Å². The van der Waals surface area contributed by atoms with Gasteiger partial charge in [0.25, 0.3) is 0 Å². The molecule has 2 fully saturated rings. The summed E-state index contributed by atoms with van der Waals surface area (Å²) in [5, 5.41) is 13.0. The lowest BCUT2D eigenvalue weighted by Crippen LogP contribution is -2.43. The molecule has 0 spiro atoms. The second kappa shape index (κ2) is 8.12. The molecule has 25 heavy (non-hydrogen) atoms. The minimum Gasteiger partial charge on any atom is -0.356 e. The quantitative estimate of drug-likeness (QED) is 0.864. The maximum atomic E-state index is 12.4. The highest BCUT2D eigenvalue weighted by atomic mass is 32.1. The van der Waals surface area contributed by atoms with E-state index >= 15 is 0 Å². The highest BCUT2D eigenvalue weighted by Gasteiger charge is 2.29. The number of carbonyl (C=O) groups is 2. The lowest BCUT2D eigenvalue weighted by molar-refractivity contribution is -0.125. The molecular formula is C17H27N5O2S. The smallest absolute Gasteiger partial charge is 0.228 e. The predicted molar refractivity (Wildman–Crippen MR) is 98.9 cm³/mol. The molecule has 0 aliphatic carbocycles. The molecule has 2 aliphatic rings. The number of hydrogen-bond donors (Lipinski definition) is 1. The molecule has 0 saturated carbocycles. The molecule has 0 unspecified atom stereocenters. The van der Waals surface area contributed by atoms with Gasteiger partial charge in [-0.1, -0.05) is 25.2 Å². The fourth-order valence-electron chi connectivity index (χ4n) is 3.27. The summed E-state index contributed by atoms with van der Waals surface area (Å²) in [5.41, 5.74) is 0. The van der Waals surface area contributed by atoms with Crippen LogP contribution in [-0.2, 0) is 9.59 Å². The van der Waals surface area contributed by atoms with Gasteiger partial charge in [0.2, 0.25) is 22.1 Å². The number of nitrogens with zero attached hydrogens (tertiary/aromatic N) is 4. The van der Waals surface area contributed by atoms with Gasteiger partial charge in [0.1, 0.15) is 0 Å². The molecule has 8 heteroatoms. The highest BCUT2D eigenvalue weighted by molar-refractivity contribution is 7.19. The zero-order chi connectivity index (χ0) is 17.8. The number of piperidine rings is 2. The third-order valence-corrected chi connectivity index (χ3v) is 5.71. The van der Waals surface area contributed by atoms with Crippen LogP contribution in [0.5, 0.6) is 0 Å². The van der Waals surface area contributed by atoms with Crippen LogP contribution in [-0.4, -0.2) is 48.2 Å². The summed E-state index contributed by atoms with van der Waals surface area (Å²) in [5.74, 6) is 0.723. The Morgan fingerprint density at radius 2 is 2.04 bits per heavy atom. The van der Waals surface area contributed by atoms with Crippen LogP contribution in [0.2, 0.25) is 0 Å². The van der Waals surface area contributed by atoms with Crippen molar-refractivity contribution < 1.29 is 9.59 Å². The predicted octanol–water partition coefficient (Wildman–Crippen LogP) is 2.04. The third-order valence-electron chi connectivity index (χ3n) is 4.71. The standard InChI is InChI=1S/C17H27N5O2S/c1-12(2)10-18-15(24)13-6-5-8-21(11-13)16-19-20-17(25-16)22-9-4-3-7-14(22)23/h12-13H,3-11H2,1-2H3,(H,18,24)/t13-/m1/s1. The monoisotopic (exact) mass is 365 g/mol. The van der Waals surface area contributed by atoms with Crippen molar-refractivity contribution in [2.75, 3.05) is 36.0 Å². The van der Waals surface area contributed by atoms with Gasteiger partial charge in [-0.05, 0) is 31.6 Å². The summed E-state index contributed by atoms with van der Waals surface area (Å²) >= 11 is 1.46. The molecule has 0 radical (unpaired) electrons. The van der Waals surface area contributed by atoms with Crippen molar-refractivity contribution in [1.29, 1.82) is 0 Å². The average molecular weight is 366 g/mol. The van der Waals surface area contributed by atoms with Crippen molar-refractivity contribution in [3.05, 3.63) is 0 Å². The second-order valence-electron chi connectivity index (χ2n) is 7.29. The number of rotatable bonds is 5. The van der Waals surface area contributed by atoms with Crippen molar-refractivity contribution >= 4 is 33.4 Å². The van der Waals surface area contributed by atoms with Crippen molar-refractivity contribution in [1.82, 2.24) is 15.5 Å². The Balaban J connectivity index is 1.62. The topological polar surface area (TPSA) is 78.4 Å². The molecule has 1 aromatic rings. The summed E-state index contributed by atoms with van der Waals surface area (Å²) < 4.78 is 0. The van der Waals surface area contributed by atoms with E-state index in [-0.39, 0.29) is 17.7 Å². The number of anilines is 2. The lowest BCUT2D eigenvalue weighted by atomic mass is 9.97. The minimum absolute atomic E-state index is 0.00327. The molecule has 2 aliphatic heterocycles. The Kier molecular flexibility index (Phi) is 5.88. The van der Waals surface area contributed by atoms with Crippen LogP contribution in [0.25, 0.3) is 0 Å². The lowest BCUT2D eigenvalue weighted by Gasteiger charge is -2.31. The van der Waals surface area contributed by atoms with Crippen molar-refractivity contribution in [3.8, 4) is 0 Å². The summed E-state index contributed by atoms with van der Waals surface area (Å²) in [6.45, 7) is 7.20. The second-order valence-corrected chi connectivity index (χ2v) is 8.23. The molecule has 0 aromatic carbocycles. The van der Waals surface area contributed by atoms with Crippen LogP contribution in [0.4, 0.5) is 10.3 Å². The van der Waals surface area contributed by atoms with E-state index in [0.29, 0.717) is 24.0 Å². The molecular weight excluding hydrogens is 338 g/mol. The fourth-order valence-corrected chi connectivity index (χ4v) is 4.19. The number of nitrogens with one attached hydrogen (secondary N) is 1. The Hall–Kier alpha value is -1.70. The van der Waals surface area contributed by atoms with E-state index in [9.17, 15) is 9.59 Å². The fraction of sp³-hybridized carbons (Fsp3) is 0.765. The van der Waals surface area contributed by atoms with Crippen LogP contribution < -0.4 is 15.1 Å². The van der Waals surface area contributed by atoms with Crippen LogP contribution in [0, 0.1) is 11.8 Å². The third kappa shape index (κ3) is 4.48. The Labute approximate surface area is 152 Å². The van der Waals surface area contributed by atoms with Gasteiger partial charge in [-0.25, -0.2) is 0 Å². The molecule has 3 rings (SSSR count). The van der Waals surface area contributed by atoms with E-state index < -0.39 is 0 Å². The maximum Gasteiger partial charge on any atom is 0.228 e. The Bertz CT molecular complexity index is 618. The van der Waals surface area contributed by atoms with Crippen LogP contribution in [0.15, 0.2) is 0 Å². The van der Waals surface area contributed by atoms with Gasteiger partial charge in [0, 0.05) is 32.6 Å². The van der Waals surface area contributed by atoms with E-state index in [2.05, 4.69) is 34.3 Å². The first-order valence-electron chi connectivity index (χ1n) is 9.21. The molecule has 1 N–H and O–H groups in total. The maximum absolute atomic E-state index is 12.4. The van der Waals surface area contributed by atoms with Gasteiger partial charge in [0.05, 0.1) is 5.92 Å².